The summed E-state index contributed by atoms with van der Waals surface area (Å²) in [6, 6.07) is 10.5. The average molecular weight is 404 g/mol. The Hall–Kier alpha value is -3.01. The van der Waals surface area contributed by atoms with Crippen LogP contribution in [-0.4, -0.2) is 31.0 Å². The standard InChI is InChI=1S/C26H29NO3/c1-17-8-10-20(11-9-17)23-16-30-26-19(3)25(29-4)21(15-22(23)26)18(2)14-24(28)27-12-6-5-7-13-27/h8-11,14-16H,5-7,12-13H2,1-4H3/b18-14+. The van der Waals surface area contributed by atoms with E-state index in [9.17, 15) is 4.79 Å². The Morgan fingerprint density at radius 3 is 2.47 bits per heavy atom. The van der Waals surface area contributed by atoms with Crippen LogP contribution in [0.15, 0.2) is 47.1 Å². The molecule has 0 atom stereocenters. The van der Waals surface area contributed by atoms with Crippen LogP contribution in [0.1, 0.15) is 42.9 Å². The number of allylic oxidation sites excluding steroid dienone is 1. The second kappa shape index (κ2) is 8.39. The van der Waals surface area contributed by atoms with Crippen molar-refractivity contribution in [2.75, 3.05) is 20.2 Å². The normalized spacial score (nSPS) is 14.9. The van der Waals surface area contributed by atoms with Crippen molar-refractivity contribution >= 4 is 22.4 Å². The SMILES string of the molecule is COc1c(/C(C)=C/C(=O)N2CCCCC2)cc2c(-c3ccc(C)cc3)coc2c1C. The minimum atomic E-state index is 0.0814. The van der Waals surface area contributed by atoms with Crippen LogP contribution in [0.5, 0.6) is 5.75 Å². The van der Waals surface area contributed by atoms with Crippen molar-refractivity contribution in [3.63, 3.8) is 0 Å². The number of carbonyl (C=O) groups is 1. The third kappa shape index (κ3) is 3.74. The van der Waals surface area contributed by atoms with Gasteiger partial charge in [0, 0.05) is 41.2 Å². The van der Waals surface area contributed by atoms with Crippen LogP contribution in [0.4, 0.5) is 0 Å². The molecular weight excluding hydrogens is 374 g/mol. The second-order valence-corrected chi connectivity index (χ2v) is 8.19. The van der Waals surface area contributed by atoms with Gasteiger partial charge in [-0.05, 0) is 57.2 Å². The molecule has 2 aromatic carbocycles. The van der Waals surface area contributed by atoms with Crippen LogP contribution in [0, 0.1) is 13.8 Å². The van der Waals surface area contributed by atoms with Crippen molar-refractivity contribution in [2.24, 2.45) is 0 Å². The molecule has 3 aromatic rings. The molecule has 4 rings (SSSR count). The van der Waals surface area contributed by atoms with Gasteiger partial charge in [0.15, 0.2) is 0 Å². The highest BCUT2D eigenvalue weighted by molar-refractivity contribution is 6.01. The Morgan fingerprint density at radius 2 is 1.80 bits per heavy atom. The number of rotatable bonds is 4. The van der Waals surface area contributed by atoms with Gasteiger partial charge in [0.25, 0.3) is 0 Å². The summed E-state index contributed by atoms with van der Waals surface area (Å²) in [7, 11) is 1.67. The predicted molar refractivity (Wildman–Crippen MR) is 122 cm³/mol. The van der Waals surface area contributed by atoms with Crippen LogP contribution >= 0.6 is 0 Å². The molecule has 1 aromatic heterocycles. The fourth-order valence-corrected chi connectivity index (χ4v) is 4.30. The number of hydrogen-bond acceptors (Lipinski definition) is 3. The maximum absolute atomic E-state index is 12.8. The van der Waals surface area contributed by atoms with Crippen molar-refractivity contribution in [3.05, 3.63) is 59.4 Å². The molecular formula is C26H29NO3. The summed E-state index contributed by atoms with van der Waals surface area (Å²) in [5.74, 6) is 0.838. The number of methoxy groups -OCH3 is 1. The van der Waals surface area contributed by atoms with Crippen molar-refractivity contribution in [2.45, 2.75) is 40.0 Å². The largest absolute Gasteiger partial charge is 0.496 e. The van der Waals surface area contributed by atoms with Crippen LogP contribution in [0.3, 0.4) is 0 Å². The first-order valence-electron chi connectivity index (χ1n) is 10.6. The minimum absolute atomic E-state index is 0.0814. The molecule has 0 aliphatic carbocycles. The molecule has 0 spiro atoms. The molecule has 156 valence electrons. The van der Waals surface area contributed by atoms with E-state index in [1.165, 1.54) is 12.0 Å². The molecule has 0 bridgehead atoms. The van der Waals surface area contributed by atoms with E-state index in [4.69, 9.17) is 9.15 Å². The number of likely N-dealkylation sites (tertiary alicyclic amines) is 1. The number of piperidine rings is 1. The van der Waals surface area contributed by atoms with Crippen molar-refractivity contribution in [1.82, 2.24) is 4.90 Å². The fourth-order valence-electron chi connectivity index (χ4n) is 4.30. The number of amides is 1. The lowest BCUT2D eigenvalue weighted by molar-refractivity contribution is -0.126. The molecule has 0 saturated carbocycles. The maximum Gasteiger partial charge on any atom is 0.246 e. The first kappa shape index (κ1) is 20.3. The highest BCUT2D eigenvalue weighted by Gasteiger charge is 2.20. The lowest BCUT2D eigenvalue weighted by atomic mass is 9.96. The van der Waals surface area contributed by atoms with E-state index in [2.05, 4.69) is 37.3 Å². The second-order valence-electron chi connectivity index (χ2n) is 8.19. The molecule has 1 aliphatic heterocycles. The summed E-state index contributed by atoms with van der Waals surface area (Å²) < 4.78 is 11.7. The van der Waals surface area contributed by atoms with Gasteiger partial charge in [-0.2, -0.15) is 0 Å². The monoisotopic (exact) mass is 403 g/mol. The number of aryl methyl sites for hydroxylation is 2. The van der Waals surface area contributed by atoms with Gasteiger partial charge in [-0.25, -0.2) is 0 Å². The van der Waals surface area contributed by atoms with E-state index < -0.39 is 0 Å². The number of fused-ring (bicyclic) bond motifs is 1. The summed E-state index contributed by atoms with van der Waals surface area (Å²) in [6.45, 7) is 7.76. The first-order chi connectivity index (χ1) is 14.5. The van der Waals surface area contributed by atoms with Gasteiger partial charge in [0.05, 0.1) is 13.4 Å². The van der Waals surface area contributed by atoms with Crippen molar-refractivity contribution in [1.29, 1.82) is 0 Å². The molecule has 0 radical (unpaired) electrons. The van der Waals surface area contributed by atoms with Crippen LogP contribution in [-0.2, 0) is 4.79 Å². The lowest BCUT2D eigenvalue weighted by Gasteiger charge is -2.25. The summed E-state index contributed by atoms with van der Waals surface area (Å²) in [5, 5.41) is 1.03. The molecule has 1 saturated heterocycles. The van der Waals surface area contributed by atoms with Crippen LogP contribution < -0.4 is 4.74 Å². The summed E-state index contributed by atoms with van der Waals surface area (Å²) in [4.78, 5) is 14.7. The number of benzene rings is 2. The number of hydrogen-bond donors (Lipinski definition) is 0. The van der Waals surface area contributed by atoms with Gasteiger partial charge in [0.2, 0.25) is 5.91 Å². The predicted octanol–water partition coefficient (Wildman–Crippen LogP) is 6.14. The summed E-state index contributed by atoms with van der Waals surface area (Å²) in [6.07, 6.45) is 6.94. The lowest BCUT2D eigenvalue weighted by Crippen LogP contribution is -2.34. The Balaban J connectivity index is 1.80. The Morgan fingerprint density at radius 1 is 1.10 bits per heavy atom. The zero-order chi connectivity index (χ0) is 21.3. The number of ether oxygens (including phenoxy) is 1. The summed E-state index contributed by atoms with van der Waals surface area (Å²) >= 11 is 0. The van der Waals surface area contributed by atoms with Crippen molar-refractivity contribution in [3.8, 4) is 16.9 Å². The molecule has 0 N–H and O–H groups in total. The Kier molecular flexibility index (Phi) is 5.67. The van der Waals surface area contributed by atoms with Gasteiger partial charge in [-0.15, -0.1) is 0 Å². The van der Waals surface area contributed by atoms with Gasteiger partial charge >= 0.3 is 0 Å². The number of furan rings is 1. The van der Waals surface area contributed by atoms with E-state index in [1.54, 1.807) is 13.2 Å². The van der Waals surface area contributed by atoms with E-state index in [0.29, 0.717) is 0 Å². The van der Waals surface area contributed by atoms with Gasteiger partial charge in [-0.1, -0.05) is 29.8 Å². The molecule has 4 nitrogen and oxygen atoms in total. The number of carbonyl (C=O) groups excluding carboxylic acids is 1. The zero-order valence-electron chi connectivity index (χ0n) is 18.2. The highest BCUT2D eigenvalue weighted by atomic mass is 16.5. The Bertz CT molecular complexity index is 1100. The van der Waals surface area contributed by atoms with Gasteiger partial charge in [-0.3, -0.25) is 4.79 Å². The van der Waals surface area contributed by atoms with Gasteiger partial charge in [0.1, 0.15) is 11.3 Å². The third-order valence-corrected chi connectivity index (χ3v) is 6.04. The van der Waals surface area contributed by atoms with E-state index in [0.717, 1.165) is 70.5 Å². The minimum Gasteiger partial charge on any atom is -0.496 e. The molecule has 1 aliphatic rings. The van der Waals surface area contributed by atoms with Crippen LogP contribution in [0.2, 0.25) is 0 Å². The van der Waals surface area contributed by atoms with Crippen molar-refractivity contribution < 1.29 is 13.9 Å². The topological polar surface area (TPSA) is 42.7 Å². The maximum atomic E-state index is 12.8. The molecule has 30 heavy (non-hydrogen) atoms. The van der Waals surface area contributed by atoms with Gasteiger partial charge < -0.3 is 14.1 Å². The molecule has 1 amide bonds. The molecule has 1 fully saturated rings. The van der Waals surface area contributed by atoms with E-state index in [-0.39, 0.29) is 5.91 Å². The molecule has 4 heteroatoms. The van der Waals surface area contributed by atoms with E-state index >= 15 is 0 Å². The Labute approximate surface area is 178 Å². The quantitative estimate of drug-likeness (QED) is 0.491. The molecule has 2 heterocycles. The first-order valence-corrected chi connectivity index (χ1v) is 10.6. The third-order valence-electron chi connectivity index (χ3n) is 6.04. The van der Waals surface area contributed by atoms with Crippen LogP contribution in [0.25, 0.3) is 27.7 Å². The average Bonchev–Trinajstić information content (AvgIpc) is 3.19. The summed E-state index contributed by atoms with van der Waals surface area (Å²) in [5.41, 5.74) is 6.99. The number of nitrogens with zero attached hydrogens (tertiary/aromatic N) is 1. The molecule has 0 unspecified atom stereocenters. The highest BCUT2D eigenvalue weighted by Crippen LogP contribution is 2.40. The fraction of sp³-hybridized carbons (Fsp3) is 0.346. The van der Waals surface area contributed by atoms with E-state index in [1.807, 2.05) is 25.0 Å². The zero-order valence-corrected chi connectivity index (χ0v) is 18.2. The smallest absolute Gasteiger partial charge is 0.246 e.